The number of ether oxygens (including phenoxy) is 1. The summed E-state index contributed by atoms with van der Waals surface area (Å²) in [6.45, 7) is 4.23. The molecule has 0 spiro atoms. The Morgan fingerprint density at radius 1 is 1.03 bits per heavy atom. The number of piperidine rings is 1. The Morgan fingerprint density at radius 2 is 1.69 bits per heavy atom. The van der Waals surface area contributed by atoms with Crippen LogP contribution in [-0.2, 0) is 22.4 Å². The molecule has 0 radical (unpaired) electrons. The minimum Gasteiger partial charge on any atom is -0.465 e. The Morgan fingerprint density at radius 3 is 2.34 bits per heavy atom. The zero-order chi connectivity index (χ0) is 20.1. The quantitative estimate of drug-likeness (QED) is 0.672. The minimum atomic E-state index is -0.0733. The number of likely N-dealkylation sites (tertiary alicyclic amines) is 1. The first-order chi connectivity index (χ1) is 14.3. The number of rotatable bonds is 5. The first-order valence-electron chi connectivity index (χ1n) is 11.1. The summed E-state index contributed by atoms with van der Waals surface area (Å²) in [6.07, 6.45) is 8.69. The normalized spacial score (nSPS) is 19.1. The first-order valence-corrected chi connectivity index (χ1v) is 11.1. The smallest absolute Gasteiger partial charge is 0.323 e. The van der Waals surface area contributed by atoms with Gasteiger partial charge >= 0.3 is 5.97 Å². The third kappa shape index (κ3) is 4.45. The van der Waals surface area contributed by atoms with Gasteiger partial charge in [0.15, 0.2) is 0 Å². The Hall–Kier alpha value is -2.39. The molecule has 3 nitrogen and oxygen atoms in total. The van der Waals surface area contributed by atoms with Crippen LogP contribution in [0, 0.1) is 0 Å². The third-order valence-corrected chi connectivity index (χ3v) is 6.22. The van der Waals surface area contributed by atoms with Crippen molar-refractivity contribution >= 4 is 11.5 Å². The van der Waals surface area contributed by atoms with E-state index < -0.39 is 0 Å². The molecule has 1 saturated heterocycles. The van der Waals surface area contributed by atoms with E-state index in [-0.39, 0.29) is 12.0 Å². The van der Waals surface area contributed by atoms with Crippen molar-refractivity contribution < 1.29 is 9.53 Å². The van der Waals surface area contributed by atoms with Gasteiger partial charge in [0.2, 0.25) is 0 Å². The van der Waals surface area contributed by atoms with Crippen molar-refractivity contribution in [1.29, 1.82) is 0 Å². The summed E-state index contributed by atoms with van der Waals surface area (Å²) in [6, 6.07) is 17.5. The third-order valence-electron chi connectivity index (χ3n) is 6.22. The monoisotopic (exact) mass is 389 g/mol. The number of carbonyl (C=O) groups excluding carboxylic acids is 1. The van der Waals surface area contributed by atoms with E-state index in [0.29, 0.717) is 6.61 Å². The van der Waals surface area contributed by atoms with E-state index >= 15 is 0 Å². The van der Waals surface area contributed by atoms with E-state index in [1.807, 2.05) is 6.92 Å². The van der Waals surface area contributed by atoms with Crippen molar-refractivity contribution in [2.75, 3.05) is 19.7 Å². The fraction of sp³-hybridized carbons (Fsp3) is 0.423. The van der Waals surface area contributed by atoms with Crippen LogP contribution in [0.2, 0.25) is 0 Å². The average molecular weight is 390 g/mol. The lowest BCUT2D eigenvalue weighted by Gasteiger charge is -2.33. The van der Waals surface area contributed by atoms with Crippen molar-refractivity contribution in [1.82, 2.24) is 4.90 Å². The van der Waals surface area contributed by atoms with Crippen molar-refractivity contribution in [3.05, 3.63) is 76.9 Å². The van der Waals surface area contributed by atoms with E-state index in [1.54, 1.807) is 0 Å². The molecule has 2 aromatic rings. The van der Waals surface area contributed by atoms with E-state index in [2.05, 4.69) is 59.5 Å². The molecule has 1 heterocycles. The van der Waals surface area contributed by atoms with E-state index in [9.17, 15) is 4.79 Å². The van der Waals surface area contributed by atoms with Gasteiger partial charge in [0.25, 0.3) is 0 Å². The van der Waals surface area contributed by atoms with Crippen molar-refractivity contribution in [2.24, 2.45) is 0 Å². The van der Waals surface area contributed by atoms with Crippen molar-refractivity contribution in [3.8, 4) is 0 Å². The van der Waals surface area contributed by atoms with Gasteiger partial charge in [-0.2, -0.15) is 0 Å². The number of benzene rings is 2. The molecule has 0 aromatic heterocycles. The van der Waals surface area contributed by atoms with Crippen molar-refractivity contribution in [2.45, 2.75) is 51.5 Å². The second kappa shape index (κ2) is 9.41. The highest BCUT2D eigenvalue weighted by Crippen LogP contribution is 2.33. The summed E-state index contributed by atoms with van der Waals surface area (Å²) < 4.78 is 5.32. The summed E-state index contributed by atoms with van der Waals surface area (Å²) in [5.74, 6) is -0.0509. The molecule has 152 valence electrons. The van der Waals surface area contributed by atoms with Crippen LogP contribution < -0.4 is 0 Å². The highest BCUT2D eigenvalue weighted by atomic mass is 16.5. The molecule has 1 aliphatic heterocycles. The van der Waals surface area contributed by atoms with Crippen LogP contribution in [0.15, 0.2) is 54.6 Å². The summed E-state index contributed by atoms with van der Waals surface area (Å²) in [5.41, 5.74) is 6.92. The van der Waals surface area contributed by atoms with Crippen LogP contribution >= 0.6 is 0 Å². The van der Waals surface area contributed by atoms with Gasteiger partial charge in [-0.25, -0.2) is 0 Å². The molecule has 0 N–H and O–H groups in total. The highest BCUT2D eigenvalue weighted by molar-refractivity contribution is 5.84. The molecule has 0 saturated carbocycles. The molecule has 4 rings (SSSR count). The lowest BCUT2D eigenvalue weighted by molar-refractivity contribution is -0.150. The van der Waals surface area contributed by atoms with E-state index in [1.165, 1.54) is 27.8 Å². The predicted molar refractivity (Wildman–Crippen MR) is 118 cm³/mol. The van der Waals surface area contributed by atoms with Crippen LogP contribution in [0.3, 0.4) is 0 Å². The maximum atomic E-state index is 12.4. The number of nitrogens with zero attached hydrogens (tertiary/aromatic N) is 1. The van der Waals surface area contributed by atoms with Crippen LogP contribution in [0.25, 0.3) is 5.57 Å². The van der Waals surface area contributed by atoms with Gasteiger partial charge in [-0.1, -0.05) is 61.0 Å². The second-order valence-corrected chi connectivity index (χ2v) is 8.02. The van der Waals surface area contributed by atoms with Gasteiger partial charge in [-0.15, -0.1) is 0 Å². The molecule has 1 aliphatic carbocycles. The van der Waals surface area contributed by atoms with Gasteiger partial charge < -0.3 is 4.74 Å². The lowest BCUT2D eigenvalue weighted by Crippen LogP contribution is -2.45. The fourth-order valence-corrected chi connectivity index (χ4v) is 4.78. The Kier molecular flexibility index (Phi) is 6.46. The summed E-state index contributed by atoms with van der Waals surface area (Å²) in [4.78, 5) is 14.7. The number of hydrogen-bond donors (Lipinski definition) is 0. The number of hydrogen-bond acceptors (Lipinski definition) is 3. The molecule has 3 heteroatoms. The molecule has 0 unspecified atom stereocenters. The van der Waals surface area contributed by atoms with Gasteiger partial charge in [0.05, 0.1) is 6.61 Å². The Balaban J connectivity index is 1.57. The minimum absolute atomic E-state index is 0.0509. The highest BCUT2D eigenvalue weighted by Gasteiger charge is 2.29. The van der Waals surface area contributed by atoms with Gasteiger partial charge in [-0.3, -0.25) is 9.69 Å². The van der Waals surface area contributed by atoms with Gasteiger partial charge in [0, 0.05) is 6.54 Å². The zero-order valence-electron chi connectivity index (χ0n) is 17.4. The zero-order valence-corrected chi connectivity index (χ0v) is 17.4. The van der Waals surface area contributed by atoms with Crippen LogP contribution in [0.5, 0.6) is 0 Å². The summed E-state index contributed by atoms with van der Waals surface area (Å²) in [7, 11) is 0. The Bertz CT molecular complexity index is 836. The largest absolute Gasteiger partial charge is 0.465 e. The van der Waals surface area contributed by atoms with Crippen LogP contribution in [0.1, 0.15) is 54.9 Å². The number of esters is 1. The van der Waals surface area contributed by atoms with Crippen LogP contribution in [0.4, 0.5) is 0 Å². The molecular formula is C26H31NO2. The maximum absolute atomic E-state index is 12.4. The topological polar surface area (TPSA) is 29.5 Å². The van der Waals surface area contributed by atoms with Gasteiger partial charge in [0.1, 0.15) is 6.04 Å². The molecule has 2 aliphatic rings. The molecule has 29 heavy (non-hydrogen) atoms. The Labute approximate surface area is 174 Å². The fourth-order valence-electron chi connectivity index (χ4n) is 4.78. The summed E-state index contributed by atoms with van der Waals surface area (Å²) in [5, 5.41) is 0. The molecule has 1 fully saturated rings. The number of aryl methyl sites for hydroxylation is 2. The van der Waals surface area contributed by atoms with E-state index in [0.717, 1.165) is 51.6 Å². The van der Waals surface area contributed by atoms with E-state index in [4.69, 9.17) is 4.74 Å². The second-order valence-electron chi connectivity index (χ2n) is 8.02. The lowest BCUT2D eigenvalue weighted by atomic mass is 9.93. The molecule has 2 aromatic carbocycles. The molecule has 1 atom stereocenters. The predicted octanol–water partition coefficient (Wildman–Crippen LogP) is 5.02. The first kappa shape index (κ1) is 19.9. The average Bonchev–Trinajstić information content (AvgIpc) is 2.92. The molecule has 0 bridgehead atoms. The van der Waals surface area contributed by atoms with Crippen molar-refractivity contribution in [3.63, 3.8) is 0 Å². The number of carbonyl (C=O) groups is 1. The molecular weight excluding hydrogens is 358 g/mol. The van der Waals surface area contributed by atoms with Crippen LogP contribution in [-0.4, -0.2) is 36.6 Å². The van der Waals surface area contributed by atoms with Gasteiger partial charge in [-0.05, 0) is 73.4 Å². The SMILES string of the molecule is CCOC(=O)[C@@H]1CCCCN1CCC=C1c2ccccc2CCc2ccccc21. The maximum Gasteiger partial charge on any atom is 0.323 e. The number of fused-ring (bicyclic) bond motifs is 2. The summed E-state index contributed by atoms with van der Waals surface area (Å²) >= 11 is 0. The standard InChI is InChI=1S/C26H31NO2/c1-2-29-26(28)25-15-7-8-18-27(25)19-9-14-24-22-12-5-3-10-20(22)16-17-21-11-4-6-13-23(21)24/h3-6,10-14,25H,2,7-9,15-19H2,1H3/t25-/m0/s1. The molecule has 0 amide bonds.